The standard InChI is InChI=1S/C12H22BrN3O/c1-5-16-11(12(13)9(4)15-16)6-10(17)7-14-8(2)3/h8,10,14,17H,5-7H2,1-4H3. The first-order valence-corrected chi connectivity index (χ1v) is 6.88. The van der Waals surface area contributed by atoms with Crippen LogP contribution in [0.3, 0.4) is 0 Å². The predicted octanol–water partition coefficient (Wildman–Crippen LogP) is 1.88. The molecule has 98 valence electrons. The topological polar surface area (TPSA) is 50.1 Å². The van der Waals surface area contributed by atoms with Gasteiger partial charge in [0.2, 0.25) is 0 Å². The lowest BCUT2D eigenvalue weighted by atomic mass is 10.2. The van der Waals surface area contributed by atoms with E-state index in [4.69, 9.17) is 0 Å². The van der Waals surface area contributed by atoms with E-state index in [1.807, 2.05) is 11.6 Å². The van der Waals surface area contributed by atoms with Crippen LogP contribution >= 0.6 is 15.9 Å². The number of rotatable bonds is 6. The minimum absolute atomic E-state index is 0.380. The molecule has 0 saturated carbocycles. The molecule has 0 radical (unpaired) electrons. The molecule has 1 atom stereocenters. The molecule has 1 heterocycles. The van der Waals surface area contributed by atoms with Crippen LogP contribution in [-0.2, 0) is 13.0 Å². The van der Waals surface area contributed by atoms with Gasteiger partial charge in [-0.1, -0.05) is 13.8 Å². The van der Waals surface area contributed by atoms with Gasteiger partial charge in [0.15, 0.2) is 0 Å². The maximum atomic E-state index is 9.98. The van der Waals surface area contributed by atoms with Crippen LogP contribution in [0.4, 0.5) is 0 Å². The van der Waals surface area contributed by atoms with Crippen molar-refractivity contribution in [2.24, 2.45) is 0 Å². The molecule has 0 spiro atoms. The van der Waals surface area contributed by atoms with Crippen molar-refractivity contribution in [3.63, 3.8) is 0 Å². The Kier molecular flexibility index (Phi) is 5.62. The maximum absolute atomic E-state index is 9.98. The zero-order valence-electron chi connectivity index (χ0n) is 11.0. The molecule has 1 rings (SSSR count). The zero-order chi connectivity index (χ0) is 13.0. The lowest BCUT2D eigenvalue weighted by molar-refractivity contribution is 0.166. The summed E-state index contributed by atoms with van der Waals surface area (Å²) in [5.41, 5.74) is 2.05. The molecule has 0 bridgehead atoms. The van der Waals surface area contributed by atoms with Gasteiger partial charge in [-0.3, -0.25) is 4.68 Å². The third-order valence-electron chi connectivity index (χ3n) is 2.64. The van der Waals surface area contributed by atoms with E-state index >= 15 is 0 Å². The first kappa shape index (κ1) is 14.7. The number of hydrogen-bond acceptors (Lipinski definition) is 3. The Morgan fingerprint density at radius 1 is 1.47 bits per heavy atom. The summed E-state index contributed by atoms with van der Waals surface area (Å²) in [5, 5.41) is 17.6. The number of aromatic nitrogens is 2. The summed E-state index contributed by atoms with van der Waals surface area (Å²) in [7, 11) is 0. The fourth-order valence-corrected chi connectivity index (χ4v) is 2.18. The minimum atomic E-state index is -0.380. The Bertz CT molecular complexity index is 363. The van der Waals surface area contributed by atoms with E-state index in [2.05, 4.69) is 47.1 Å². The summed E-state index contributed by atoms with van der Waals surface area (Å²) >= 11 is 3.54. The molecule has 0 aromatic carbocycles. The molecule has 0 amide bonds. The number of nitrogens with one attached hydrogen (secondary N) is 1. The average molecular weight is 304 g/mol. The van der Waals surface area contributed by atoms with E-state index in [1.54, 1.807) is 0 Å². The van der Waals surface area contributed by atoms with Gasteiger partial charge in [-0.05, 0) is 29.8 Å². The molecule has 0 aliphatic rings. The molecule has 0 saturated heterocycles. The van der Waals surface area contributed by atoms with Crippen LogP contribution in [0.2, 0.25) is 0 Å². The van der Waals surface area contributed by atoms with Crippen molar-refractivity contribution in [1.29, 1.82) is 0 Å². The summed E-state index contributed by atoms with van der Waals surface area (Å²) < 4.78 is 2.96. The van der Waals surface area contributed by atoms with Crippen LogP contribution in [0, 0.1) is 6.92 Å². The number of halogens is 1. The predicted molar refractivity (Wildman–Crippen MR) is 73.2 cm³/mol. The summed E-state index contributed by atoms with van der Waals surface area (Å²) in [6.45, 7) is 9.61. The Hall–Kier alpha value is -0.390. The van der Waals surface area contributed by atoms with Crippen molar-refractivity contribution in [2.75, 3.05) is 6.54 Å². The van der Waals surface area contributed by atoms with Crippen molar-refractivity contribution in [1.82, 2.24) is 15.1 Å². The molecular weight excluding hydrogens is 282 g/mol. The van der Waals surface area contributed by atoms with Crippen LogP contribution in [0.15, 0.2) is 4.47 Å². The second-order valence-corrected chi connectivity index (χ2v) is 5.38. The van der Waals surface area contributed by atoms with Gasteiger partial charge in [-0.25, -0.2) is 0 Å². The molecule has 4 nitrogen and oxygen atoms in total. The van der Waals surface area contributed by atoms with Crippen LogP contribution in [-0.4, -0.2) is 33.6 Å². The first-order chi connectivity index (χ1) is 7.95. The summed E-state index contributed by atoms with van der Waals surface area (Å²) in [5.74, 6) is 0. The van der Waals surface area contributed by atoms with E-state index in [0.29, 0.717) is 19.0 Å². The molecule has 2 N–H and O–H groups in total. The zero-order valence-corrected chi connectivity index (χ0v) is 12.6. The first-order valence-electron chi connectivity index (χ1n) is 6.08. The fourth-order valence-electron chi connectivity index (χ4n) is 1.73. The molecule has 17 heavy (non-hydrogen) atoms. The molecule has 5 heteroatoms. The Morgan fingerprint density at radius 2 is 2.12 bits per heavy atom. The lowest BCUT2D eigenvalue weighted by Gasteiger charge is -2.15. The van der Waals surface area contributed by atoms with E-state index < -0.39 is 0 Å². The minimum Gasteiger partial charge on any atom is -0.391 e. The highest BCUT2D eigenvalue weighted by Gasteiger charge is 2.16. The molecule has 1 unspecified atom stereocenters. The number of aliphatic hydroxyl groups is 1. The van der Waals surface area contributed by atoms with Gasteiger partial charge in [0, 0.05) is 25.6 Å². The molecule has 0 aliphatic carbocycles. The Morgan fingerprint density at radius 3 is 2.65 bits per heavy atom. The van der Waals surface area contributed by atoms with E-state index in [9.17, 15) is 5.11 Å². The van der Waals surface area contributed by atoms with Crippen molar-refractivity contribution < 1.29 is 5.11 Å². The van der Waals surface area contributed by atoms with E-state index in [-0.39, 0.29) is 6.10 Å². The van der Waals surface area contributed by atoms with Crippen molar-refractivity contribution in [3.05, 3.63) is 15.9 Å². The third-order valence-corrected chi connectivity index (χ3v) is 3.68. The fraction of sp³-hybridized carbons (Fsp3) is 0.750. The Labute approximate surface area is 112 Å². The van der Waals surface area contributed by atoms with E-state index in [0.717, 1.165) is 22.4 Å². The maximum Gasteiger partial charge on any atom is 0.0738 e. The molecule has 0 fully saturated rings. The monoisotopic (exact) mass is 303 g/mol. The van der Waals surface area contributed by atoms with Crippen LogP contribution < -0.4 is 5.32 Å². The van der Waals surface area contributed by atoms with Gasteiger partial charge >= 0.3 is 0 Å². The second-order valence-electron chi connectivity index (χ2n) is 4.58. The normalized spacial score (nSPS) is 13.4. The van der Waals surface area contributed by atoms with Crippen LogP contribution in [0.1, 0.15) is 32.2 Å². The largest absolute Gasteiger partial charge is 0.391 e. The number of nitrogens with zero attached hydrogens (tertiary/aromatic N) is 2. The molecular formula is C12H22BrN3O. The summed E-state index contributed by atoms with van der Waals surface area (Å²) in [6.07, 6.45) is 0.240. The summed E-state index contributed by atoms with van der Waals surface area (Å²) in [6, 6.07) is 0.394. The number of aryl methyl sites for hydroxylation is 2. The highest BCUT2D eigenvalue weighted by atomic mass is 79.9. The quantitative estimate of drug-likeness (QED) is 0.843. The second kappa shape index (κ2) is 6.52. The molecule has 1 aromatic heterocycles. The highest BCUT2D eigenvalue weighted by molar-refractivity contribution is 9.10. The molecule has 0 aliphatic heterocycles. The van der Waals surface area contributed by atoms with Gasteiger partial charge in [-0.15, -0.1) is 0 Å². The number of hydrogen-bond donors (Lipinski definition) is 2. The van der Waals surface area contributed by atoms with Crippen LogP contribution in [0.25, 0.3) is 0 Å². The van der Waals surface area contributed by atoms with Gasteiger partial charge < -0.3 is 10.4 Å². The van der Waals surface area contributed by atoms with Crippen molar-refractivity contribution in [2.45, 2.75) is 52.8 Å². The van der Waals surface area contributed by atoms with Crippen LogP contribution in [0.5, 0.6) is 0 Å². The average Bonchev–Trinajstić information content (AvgIpc) is 2.54. The smallest absolute Gasteiger partial charge is 0.0738 e. The Balaban J connectivity index is 2.67. The van der Waals surface area contributed by atoms with Crippen molar-refractivity contribution >= 4 is 15.9 Å². The van der Waals surface area contributed by atoms with Gasteiger partial charge in [0.05, 0.1) is 22.0 Å². The summed E-state index contributed by atoms with van der Waals surface area (Å²) in [4.78, 5) is 0. The van der Waals surface area contributed by atoms with Gasteiger partial charge in [-0.2, -0.15) is 5.10 Å². The van der Waals surface area contributed by atoms with Crippen molar-refractivity contribution in [3.8, 4) is 0 Å². The lowest BCUT2D eigenvalue weighted by Crippen LogP contribution is -2.33. The van der Waals surface area contributed by atoms with Gasteiger partial charge in [0.1, 0.15) is 0 Å². The SMILES string of the molecule is CCn1nc(C)c(Br)c1CC(O)CNC(C)C. The van der Waals surface area contributed by atoms with Gasteiger partial charge in [0.25, 0.3) is 0 Å². The van der Waals surface area contributed by atoms with E-state index in [1.165, 1.54) is 0 Å². The number of aliphatic hydroxyl groups excluding tert-OH is 1. The highest BCUT2D eigenvalue weighted by Crippen LogP contribution is 2.22. The third kappa shape index (κ3) is 4.08. The molecule has 1 aromatic rings.